The first-order valence-corrected chi connectivity index (χ1v) is 10.2. The van der Waals surface area contributed by atoms with Crippen LogP contribution in [0, 0.1) is 17.8 Å². The van der Waals surface area contributed by atoms with Crippen molar-refractivity contribution >= 4 is 0 Å². The Kier molecular flexibility index (Phi) is 6.39. The maximum absolute atomic E-state index is 6.30. The molecule has 0 N–H and O–H groups in total. The zero-order valence-corrected chi connectivity index (χ0v) is 15.7. The molecule has 2 aliphatic heterocycles. The topological polar surface area (TPSA) is 15.7 Å². The minimum Gasteiger partial charge on any atom is -0.375 e. The zero-order valence-electron chi connectivity index (χ0n) is 15.7. The van der Waals surface area contributed by atoms with E-state index in [-0.39, 0.29) is 0 Å². The normalized spacial score (nSPS) is 32.3. The van der Waals surface area contributed by atoms with Crippen molar-refractivity contribution in [2.75, 3.05) is 39.8 Å². The lowest BCUT2D eigenvalue weighted by molar-refractivity contribution is -0.0942. The molecular weight excluding hydrogens is 284 g/mol. The van der Waals surface area contributed by atoms with Gasteiger partial charge in [0.05, 0.1) is 12.2 Å². The molecule has 3 rings (SSSR count). The molecule has 2 heterocycles. The molecule has 3 heteroatoms. The fourth-order valence-electron chi connectivity index (χ4n) is 4.62. The highest BCUT2D eigenvalue weighted by molar-refractivity contribution is 4.84. The first-order chi connectivity index (χ1) is 11.1. The average molecular weight is 323 g/mol. The molecule has 1 saturated carbocycles. The molecule has 23 heavy (non-hydrogen) atoms. The van der Waals surface area contributed by atoms with Crippen molar-refractivity contribution in [1.29, 1.82) is 0 Å². The first-order valence-electron chi connectivity index (χ1n) is 10.2. The number of nitrogens with zero attached hydrogens (tertiary/aromatic N) is 2. The second kappa shape index (κ2) is 8.31. The van der Waals surface area contributed by atoms with E-state index in [0.717, 1.165) is 17.8 Å². The third-order valence-electron chi connectivity index (χ3n) is 6.67. The molecule has 0 radical (unpaired) electrons. The summed E-state index contributed by atoms with van der Waals surface area (Å²) in [7, 11) is 2.22. The largest absolute Gasteiger partial charge is 0.375 e. The Bertz CT molecular complexity index is 338. The van der Waals surface area contributed by atoms with Gasteiger partial charge in [0.2, 0.25) is 0 Å². The monoisotopic (exact) mass is 322 g/mol. The lowest BCUT2D eigenvalue weighted by atomic mass is 9.79. The summed E-state index contributed by atoms with van der Waals surface area (Å²) < 4.78 is 6.30. The number of rotatable bonds is 6. The molecule has 3 fully saturated rings. The third-order valence-corrected chi connectivity index (χ3v) is 6.67. The molecule has 0 bridgehead atoms. The Morgan fingerprint density at radius 3 is 2.17 bits per heavy atom. The predicted octanol–water partition coefficient (Wildman–Crippen LogP) is 3.63. The van der Waals surface area contributed by atoms with Crippen molar-refractivity contribution < 1.29 is 4.74 Å². The van der Waals surface area contributed by atoms with Gasteiger partial charge < -0.3 is 14.5 Å². The maximum atomic E-state index is 6.30. The van der Waals surface area contributed by atoms with Crippen LogP contribution in [0.3, 0.4) is 0 Å². The summed E-state index contributed by atoms with van der Waals surface area (Å²) in [5.74, 6) is 2.79. The van der Waals surface area contributed by atoms with Crippen LogP contribution < -0.4 is 0 Å². The lowest BCUT2D eigenvalue weighted by Gasteiger charge is -2.41. The van der Waals surface area contributed by atoms with Crippen molar-refractivity contribution in [1.82, 2.24) is 9.80 Å². The van der Waals surface area contributed by atoms with Crippen molar-refractivity contribution in [3.8, 4) is 0 Å². The SMILES string of the molecule is CC(C)C1CCN(CCC2CC(OC3CCN(C)CC3)C2)CC1. The van der Waals surface area contributed by atoms with Crippen LogP contribution >= 0.6 is 0 Å². The van der Waals surface area contributed by atoms with Gasteiger partial charge >= 0.3 is 0 Å². The summed E-state index contributed by atoms with van der Waals surface area (Å²) in [6.45, 7) is 11.2. The van der Waals surface area contributed by atoms with Gasteiger partial charge in [-0.15, -0.1) is 0 Å². The van der Waals surface area contributed by atoms with E-state index in [2.05, 4.69) is 30.7 Å². The van der Waals surface area contributed by atoms with Gasteiger partial charge in [-0.05, 0) is 89.4 Å². The highest BCUT2D eigenvalue weighted by Gasteiger charge is 2.33. The second-order valence-electron chi connectivity index (χ2n) is 8.81. The summed E-state index contributed by atoms with van der Waals surface area (Å²) in [4.78, 5) is 5.13. The zero-order chi connectivity index (χ0) is 16.2. The van der Waals surface area contributed by atoms with Crippen molar-refractivity contribution in [2.24, 2.45) is 17.8 Å². The molecule has 0 unspecified atom stereocenters. The first kappa shape index (κ1) is 17.7. The molecule has 1 aliphatic carbocycles. The van der Waals surface area contributed by atoms with Crippen molar-refractivity contribution in [3.05, 3.63) is 0 Å². The van der Waals surface area contributed by atoms with Crippen LogP contribution in [0.2, 0.25) is 0 Å². The van der Waals surface area contributed by atoms with Gasteiger partial charge in [-0.1, -0.05) is 13.8 Å². The molecule has 0 spiro atoms. The second-order valence-corrected chi connectivity index (χ2v) is 8.81. The number of hydrogen-bond donors (Lipinski definition) is 0. The third kappa shape index (κ3) is 5.17. The van der Waals surface area contributed by atoms with Crippen LogP contribution in [-0.4, -0.2) is 61.8 Å². The Morgan fingerprint density at radius 1 is 0.913 bits per heavy atom. The van der Waals surface area contributed by atoms with Gasteiger partial charge in [0.1, 0.15) is 0 Å². The quantitative estimate of drug-likeness (QED) is 0.742. The van der Waals surface area contributed by atoms with Gasteiger partial charge in [0.15, 0.2) is 0 Å². The Hall–Kier alpha value is -0.120. The summed E-state index contributed by atoms with van der Waals surface area (Å²) in [6.07, 6.45) is 10.5. The average Bonchev–Trinajstić information content (AvgIpc) is 2.51. The van der Waals surface area contributed by atoms with E-state index >= 15 is 0 Å². The van der Waals surface area contributed by atoms with Gasteiger partial charge in [-0.2, -0.15) is 0 Å². The van der Waals surface area contributed by atoms with E-state index < -0.39 is 0 Å². The number of hydrogen-bond acceptors (Lipinski definition) is 3. The maximum Gasteiger partial charge on any atom is 0.0603 e. The highest BCUT2D eigenvalue weighted by atomic mass is 16.5. The smallest absolute Gasteiger partial charge is 0.0603 e. The van der Waals surface area contributed by atoms with Gasteiger partial charge in [-0.3, -0.25) is 0 Å². The van der Waals surface area contributed by atoms with Crippen LogP contribution in [0.1, 0.15) is 58.8 Å². The fraction of sp³-hybridized carbons (Fsp3) is 1.00. The highest BCUT2D eigenvalue weighted by Crippen LogP contribution is 2.35. The minimum absolute atomic E-state index is 0.548. The Morgan fingerprint density at radius 2 is 1.57 bits per heavy atom. The van der Waals surface area contributed by atoms with Crippen LogP contribution in [0.15, 0.2) is 0 Å². The molecule has 3 aliphatic rings. The molecule has 0 aromatic rings. The van der Waals surface area contributed by atoms with E-state index in [1.54, 1.807) is 0 Å². The van der Waals surface area contributed by atoms with E-state index in [9.17, 15) is 0 Å². The van der Waals surface area contributed by atoms with E-state index in [4.69, 9.17) is 4.74 Å². The Labute approximate surface area is 143 Å². The molecule has 134 valence electrons. The molecule has 0 amide bonds. The van der Waals surface area contributed by atoms with Crippen LogP contribution in [0.25, 0.3) is 0 Å². The minimum atomic E-state index is 0.548. The lowest BCUT2D eigenvalue weighted by Crippen LogP contribution is -2.41. The summed E-state index contributed by atoms with van der Waals surface area (Å²) in [5, 5.41) is 0. The molecule has 0 atom stereocenters. The molecular formula is C20H38N2O. The summed E-state index contributed by atoms with van der Waals surface area (Å²) >= 11 is 0. The van der Waals surface area contributed by atoms with Crippen molar-refractivity contribution in [2.45, 2.75) is 71.0 Å². The van der Waals surface area contributed by atoms with Crippen LogP contribution in [-0.2, 0) is 4.74 Å². The van der Waals surface area contributed by atoms with E-state index in [1.807, 2.05) is 0 Å². The van der Waals surface area contributed by atoms with Crippen molar-refractivity contribution in [3.63, 3.8) is 0 Å². The predicted molar refractivity (Wildman–Crippen MR) is 96.7 cm³/mol. The molecule has 0 aromatic heterocycles. The molecule has 0 aromatic carbocycles. The molecule has 3 nitrogen and oxygen atoms in total. The van der Waals surface area contributed by atoms with Gasteiger partial charge in [0.25, 0.3) is 0 Å². The van der Waals surface area contributed by atoms with Crippen LogP contribution in [0.4, 0.5) is 0 Å². The van der Waals surface area contributed by atoms with E-state index in [1.165, 1.54) is 77.7 Å². The summed E-state index contributed by atoms with van der Waals surface area (Å²) in [5.41, 5.74) is 0. The number of piperidine rings is 2. The number of likely N-dealkylation sites (tertiary alicyclic amines) is 2. The van der Waals surface area contributed by atoms with Gasteiger partial charge in [0, 0.05) is 13.1 Å². The Balaban J connectivity index is 1.24. The van der Waals surface area contributed by atoms with E-state index in [0.29, 0.717) is 12.2 Å². The fourth-order valence-corrected chi connectivity index (χ4v) is 4.62. The molecule has 2 saturated heterocycles. The summed E-state index contributed by atoms with van der Waals surface area (Å²) in [6, 6.07) is 0. The number of ether oxygens (including phenoxy) is 1. The van der Waals surface area contributed by atoms with Crippen LogP contribution in [0.5, 0.6) is 0 Å². The standard InChI is InChI=1S/C20H38N2O/c1-16(2)18-5-12-22(13-6-18)11-4-17-14-20(15-17)23-19-7-9-21(3)10-8-19/h16-20H,4-15H2,1-3H3. The van der Waals surface area contributed by atoms with Gasteiger partial charge in [-0.25, -0.2) is 0 Å².